The molecule has 1 amide bonds. The summed E-state index contributed by atoms with van der Waals surface area (Å²) in [7, 11) is -3.21. The predicted molar refractivity (Wildman–Crippen MR) is 91.3 cm³/mol. The SMILES string of the molecule is CCn1cc(C(=O)NCc2cc3n(n2)CCN(S(C)(=O)=O)C3)c(C)n1. The van der Waals surface area contributed by atoms with Crippen molar-refractivity contribution in [1.29, 1.82) is 0 Å². The van der Waals surface area contributed by atoms with Gasteiger partial charge < -0.3 is 5.32 Å². The second-order valence-electron chi connectivity index (χ2n) is 6.11. The third-order valence-electron chi connectivity index (χ3n) is 4.23. The Balaban J connectivity index is 1.66. The summed E-state index contributed by atoms with van der Waals surface area (Å²) in [5, 5.41) is 11.5. The quantitative estimate of drug-likeness (QED) is 0.809. The third kappa shape index (κ3) is 3.74. The first-order valence-corrected chi connectivity index (χ1v) is 9.95. The van der Waals surface area contributed by atoms with Gasteiger partial charge in [0.25, 0.3) is 5.91 Å². The second kappa shape index (κ2) is 6.60. The summed E-state index contributed by atoms with van der Waals surface area (Å²) < 4.78 is 28.3. The molecule has 0 aromatic carbocycles. The van der Waals surface area contributed by atoms with Crippen LogP contribution >= 0.6 is 0 Å². The lowest BCUT2D eigenvalue weighted by Crippen LogP contribution is -2.37. The Bertz CT molecular complexity index is 899. The zero-order chi connectivity index (χ0) is 18.2. The van der Waals surface area contributed by atoms with Gasteiger partial charge >= 0.3 is 0 Å². The molecular formula is C15H22N6O3S. The van der Waals surface area contributed by atoms with Crippen LogP contribution in [0.25, 0.3) is 0 Å². The standard InChI is InChI=1S/C15H22N6O3S/c1-4-19-10-14(11(2)17-19)15(22)16-8-12-7-13-9-20(25(3,23)24)5-6-21(13)18-12/h7,10H,4-6,8-9H2,1-3H3,(H,16,22). The van der Waals surface area contributed by atoms with Gasteiger partial charge in [0.15, 0.2) is 0 Å². The number of carbonyl (C=O) groups is 1. The van der Waals surface area contributed by atoms with E-state index in [9.17, 15) is 13.2 Å². The van der Waals surface area contributed by atoms with Crippen molar-refractivity contribution in [1.82, 2.24) is 29.2 Å². The average molecular weight is 366 g/mol. The maximum atomic E-state index is 12.3. The van der Waals surface area contributed by atoms with Gasteiger partial charge in [-0.25, -0.2) is 8.42 Å². The molecule has 3 heterocycles. The minimum atomic E-state index is -3.21. The van der Waals surface area contributed by atoms with E-state index in [-0.39, 0.29) is 12.5 Å². The maximum Gasteiger partial charge on any atom is 0.255 e. The summed E-state index contributed by atoms with van der Waals surface area (Å²) in [5.41, 5.74) is 2.77. The molecule has 1 aliphatic rings. The van der Waals surface area contributed by atoms with Crippen LogP contribution in [0.2, 0.25) is 0 Å². The number of amides is 1. The minimum Gasteiger partial charge on any atom is -0.346 e. The molecule has 10 heteroatoms. The molecule has 3 rings (SSSR count). The number of hydrogen-bond acceptors (Lipinski definition) is 5. The molecule has 0 atom stereocenters. The van der Waals surface area contributed by atoms with E-state index >= 15 is 0 Å². The van der Waals surface area contributed by atoms with Gasteiger partial charge in [0.2, 0.25) is 10.0 Å². The Morgan fingerprint density at radius 2 is 2.08 bits per heavy atom. The normalized spacial score (nSPS) is 15.2. The van der Waals surface area contributed by atoms with Crippen LogP contribution in [0, 0.1) is 6.92 Å². The van der Waals surface area contributed by atoms with E-state index < -0.39 is 10.0 Å². The molecule has 1 aliphatic heterocycles. The van der Waals surface area contributed by atoms with Crippen molar-refractivity contribution >= 4 is 15.9 Å². The fourth-order valence-electron chi connectivity index (χ4n) is 2.84. The highest BCUT2D eigenvalue weighted by Crippen LogP contribution is 2.16. The highest BCUT2D eigenvalue weighted by atomic mass is 32.2. The molecule has 0 unspecified atom stereocenters. The van der Waals surface area contributed by atoms with E-state index in [1.54, 1.807) is 22.5 Å². The highest BCUT2D eigenvalue weighted by Gasteiger charge is 2.24. The lowest BCUT2D eigenvalue weighted by Gasteiger charge is -2.25. The smallest absolute Gasteiger partial charge is 0.255 e. The maximum absolute atomic E-state index is 12.3. The van der Waals surface area contributed by atoms with Gasteiger partial charge in [-0.3, -0.25) is 14.2 Å². The molecule has 1 N–H and O–H groups in total. The lowest BCUT2D eigenvalue weighted by molar-refractivity contribution is 0.0949. The van der Waals surface area contributed by atoms with Gasteiger partial charge in [0, 0.05) is 19.3 Å². The minimum absolute atomic E-state index is 0.194. The summed E-state index contributed by atoms with van der Waals surface area (Å²) in [6.07, 6.45) is 2.94. The van der Waals surface area contributed by atoms with Crippen molar-refractivity contribution in [2.24, 2.45) is 0 Å². The van der Waals surface area contributed by atoms with Crippen molar-refractivity contribution < 1.29 is 13.2 Å². The largest absolute Gasteiger partial charge is 0.346 e. The summed E-state index contributed by atoms with van der Waals surface area (Å²) >= 11 is 0. The Kier molecular flexibility index (Phi) is 4.65. The molecule has 0 radical (unpaired) electrons. The lowest BCUT2D eigenvalue weighted by atomic mass is 10.2. The van der Waals surface area contributed by atoms with Crippen molar-refractivity contribution in [2.45, 2.75) is 40.0 Å². The number of sulfonamides is 1. The molecule has 0 saturated heterocycles. The van der Waals surface area contributed by atoms with E-state index in [1.807, 2.05) is 13.0 Å². The number of aromatic nitrogens is 4. The van der Waals surface area contributed by atoms with Crippen LogP contribution in [-0.4, -0.2) is 51.0 Å². The van der Waals surface area contributed by atoms with Crippen LogP contribution in [0.4, 0.5) is 0 Å². The van der Waals surface area contributed by atoms with Crippen LogP contribution in [0.15, 0.2) is 12.3 Å². The van der Waals surface area contributed by atoms with Gasteiger partial charge in [-0.2, -0.15) is 14.5 Å². The van der Waals surface area contributed by atoms with Crippen molar-refractivity contribution in [3.8, 4) is 0 Å². The number of nitrogens with one attached hydrogen (secondary N) is 1. The molecule has 9 nitrogen and oxygen atoms in total. The number of hydrogen-bond donors (Lipinski definition) is 1. The number of aryl methyl sites for hydroxylation is 2. The van der Waals surface area contributed by atoms with E-state index in [4.69, 9.17) is 0 Å². The monoisotopic (exact) mass is 366 g/mol. The molecule has 2 aromatic heterocycles. The van der Waals surface area contributed by atoms with Crippen LogP contribution in [0.1, 0.15) is 34.4 Å². The van der Waals surface area contributed by atoms with Gasteiger partial charge in [0.05, 0.1) is 48.5 Å². The van der Waals surface area contributed by atoms with E-state index in [1.165, 1.54) is 10.6 Å². The second-order valence-corrected chi connectivity index (χ2v) is 8.10. The zero-order valence-corrected chi connectivity index (χ0v) is 15.4. The molecule has 25 heavy (non-hydrogen) atoms. The first kappa shape index (κ1) is 17.6. The van der Waals surface area contributed by atoms with Gasteiger partial charge in [-0.15, -0.1) is 0 Å². The van der Waals surface area contributed by atoms with E-state index in [2.05, 4.69) is 15.5 Å². The number of fused-ring (bicyclic) bond motifs is 1. The average Bonchev–Trinajstić information content (AvgIpc) is 3.13. The number of rotatable bonds is 5. The Hall–Kier alpha value is -2.20. The van der Waals surface area contributed by atoms with E-state index in [0.29, 0.717) is 43.1 Å². The first-order valence-electron chi connectivity index (χ1n) is 8.11. The van der Waals surface area contributed by atoms with Crippen LogP contribution in [0.5, 0.6) is 0 Å². The summed E-state index contributed by atoms with van der Waals surface area (Å²) in [4.78, 5) is 12.3. The molecule has 2 aromatic rings. The third-order valence-corrected chi connectivity index (χ3v) is 5.48. The van der Waals surface area contributed by atoms with Crippen LogP contribution < -0.4 is 5.32 Å². The fraction of sp³-hybridized carbons (Fsp3) is 0.533. The highest BCUT2D eigenvalue weighted by molar-refractivity contribution is 7.88. The molecule has 0 saturated carbocycles. The molecule has 0 fully saturated rings. The topological polar surface area (TPSA) is 102 Å². The predicted octanol–water partition coefficient (Wildman–Crippen LogP) is 0.113. The van der Waals surface area contributed by atoms with Crippen molar-refractivity contribution in [3.05, 3.63) is 34.9 Å². The van der Waals surface area contributed by atoms with Gasteiger partial charge in [0.1, 0.15) is 0 Å². The molecular weight excluding hydrogens is 344 g/mol. The number of carbonyl (C=O) groups excluding carboxylic acids is 1. The fourth-order valence-corrected chi connectivity index (χ4v) is 3.62. The molecule has 0 bridgehead atoms. The summed E-state index contributed by atoms with van der Waals surface area (Å²) in [6, 6.07) is 1.83. The van der Waals surface area contributed by atoms with Crippen LogP contribution in [-0.2, 0) is 36.2 Å². The molecule has 136 valence electrons. The van der Waals surface area contributed by atoms with Crippen molar-refractivity contribution in [2.75, 3.05) is 12.8 Å². The molecule has 0 aliphatic carbocycles. The van der Waals surface area contributed by atoms with Crippen molar-refractivity contribution in [3.63, 3.8) is 0 Å². The summed E-state index contributed by atoms with van der Waals surface area (Å²) in [5.74, 6) is -0.194. The van der Waals surface area contributed by atoms with E-state index in [0.717, 1.165) is 5.69 Å². The number of nitrogens with zero attached hydrogens (tertiary/aromatic N) is 5. The van der Waals surface area contributed by atoms with Crippen LogP contribution in [0.3, 0.4) is 0 Å². The van der Waals surface area contributed by atoms with Gasteiger partial charge in [-0.05, 0) is 19.9 Å². The first-order chi connectivity index (χ1) is 11.8. The summed E-state index contributed by atoms with van der Waals surface area (Å²) in [6.45, 7) is 5.99. The Morgan fingerprint density at radius 1 is 1.32 bits per heavy atom. The zero-order valence-electron chi connectivity index (χ0n) is 14.6. The Labute approximate surface area is 146 Å². The molecule has 0 spiro atoms. The van der Waals surface area contributed by atoms with Gasteiger partial charge in [-0.1, -0.05) is 0 Å². The Morgan fingerprint density at radius 3 is 2.72 bits per heavy atom.